The van der Waals surface area contributed by atoms with E-state index in [-0.39, 0.29) is 11.7 Å². The molecule has 1 aromatic rings. The molecule has 1 fully saturated rings. The molecule has 0 bridgehead atoms. The van der Waals surface area contributed by atoms with Crippen LogP contribution in [-0.2, 0) is 0 Å². The number of phenols is 2. The Labute approximate surface area is 87.6 Å². The van der Waals surface area contributed by atoms with Crippen molar-refractivity contribution < 1.29 is 14.6 Å². The van der Waals surface area contributed by atoms with E-state index in [9.17, 15) is 14.6 Å². The molecule has 0 radical (unpaired) electrons. The van der Waals surface area contributed by atoms with Crippen LogP contribution in [-0.4, -0.2) is 23.3 Å². The fourth-order valence-electron chi connectivity index (χ4n) is 2.02. The molecule has 1 saturated heterocycles. The molecule has 1 aliphatic rings. The van der Waals surface area contributed by atoms with Crippen LogP contribution in [0.2, 0.25) is 0 Å². The number of hydrogen-bond acceptors (Lipinski definition) is 3. The molecule has 3 N–H and O–H groups in total. The summed E-state index contributed by atoms with van der Waals surface area (Å²) in [5.41, 5.74) is 0.626. The Hall–Kier alpha value is -1.29. The molecule has 1 aliphatic heterocycles. The maximum atomic E-state index is 12.9. The molecule has 4 heteroatoms. The first-order valence-electron chi connectivity index (χ1n) is 5.11. The van der Waals surface area contributed by atoms with Gasteiger partial charge in [0.15, 0.2) is 17.3 Å². The summed E-state index contributed by atoms with van der Waals surface area (Å²) in [5.74, 6) is -1.58. The predicted octanol–water partition coefficient (Wildman–Crippen LogP) is 1.70. The summed E-state index contributed by atoms with van der Waals surface area (Å²) in [5, 5.41) is 22.1. The topological polar surface area (TPSA) is 52.5 Å². The number of nitrogens with one attached hydrogen (secondary N) is 1. The van der Waals surface area contributed by atoms with Gasteiger partial charge in [0.2, 0.25) is 0 Å². The fourth-order valence-corrected chi connectivity index (χ4v) is 2.02. The molecule has 15 heavy (non-hydrogen) atoms. The van der Waals surface area contributed by atoms with Gasteiger partial charge in [-0.15, -0.1) is 0 Å². The average Bonchev–Trinajstić information content (AvgIpc) is 2.27. The van der Waals surface area contributed by atoms with Gasteiger partial charge < -0.3 is 15.5 Å². The van der Waals surface area contributed by atoms with Crippen LogP contribution in [0.25, 0.3) is 0 Å². The Morgan fingerprint density at radius 2 is 2.07 bits per heavy atom. The second-order valence-electron chi connectivity index (χ2n) is 3.88. The van der Waals surface area contributed by atoms with E-state index < -0.39 is 11.6 Å². The summed E-state index contributed by atoms with van der Waals surface area (Å²) in [6.07, 6.45) is 1.98. The van der Waals surface area contributed by atoms with E-state index in [1.54, 1.807) is 6.07 Å². The van der Waals surface area contributed by atoms with Gasteiger partial charge in [0.1, 0.15) is 0 Å². The number of halogens is 1. The van der Waals surface area contributed by atoms with Crippen molar-refractivity contribution in [2.24, 2.45) is 0 Å². The molecule has 0 spiro atoms. The van der Waals surface area contributed by atoms with Gasteiger partial charge in [0, 0.05) is 18.0 Å². The lowest BCUT2D eigenvalue weighted by Gasteiger charge is -2.23. The van der Waals surface area contributed by atoms with Crippen LogP contribution in [0, 0.1) is 5.82 Å². The number of rotatable bonds is 1. The monoisotopic (exact) mass is 211 g/mol. The van der Waals surface area contributed by atoms with E-state index in [0.717, 1.165) is 25.9 Å². The second kappa shape index (κ2) is 4.06. The summed E-state index contributed by atoms with van der Waals surface area (Å²) in [6.45, 7) is 1.74. The van der Waals surface area contributed by atoms with E-state index in [1.807, 2.05) is 0 Å². The van der Waals surface area contributed by atoms with Gasteiger partial charge in [-0.3, -0.25) is 0 Å². The Kier molecular flexibility index (Phi) is 2.77. The number of aromatic hydroxyl groups is 2. The maximum absolute atomic E-state index is 12.9. The molecule has 1 aromatic carbocycles. The van der Waals surface area contributed by atoms with Crippen molar-refractivity contribution in [1.82, 2.24) is 5.32 Å². The highest BCUT2D eigenvalue weighted by Gasteiger charge is 2.21. The zero-order chi connectivity index (χ0) is 10.8. The lowest BCUT2D eigenvalue weighted by Crippen LogP contribution is -2.28. The van der Waals surface area contributed by atoms with Crippen molar-refractivity contribution in [1.29, 1.82) is 0 Å². The van der Waals surface area contributed by atoms with Gasteiger partial charge in [0.05, 0.1) is 0 Å². The summed E-state index contributed by atoms with van der Waals surface area (Å²) >= 11 is 0. The lowest BCUT2D eigenvalue weighted by atomic mass is 9.91. The molecule has 0 aliphatic carbocycles. The molecule has 82 valence electrons. The van der Waals surface area contributed by atoms with Gasteiger partial charge in [-0.2, -0.15) is 0 Å². The van der Waals surface area contributed by atoms with Crippen molar-refractivity contribution >= 4 is 0 Å². The van der Waals surface area contributed by atoms with Gasteiger partial charge in [-0.05, 0) is 25.5 Å². The van der Waals surface area contributed by atoms with Crippen LogP contribution in [0.3, 0.4) is 0 Å². The smallest absolute Gasteiger partial charge is 0.194 e. The summed E-state index contributed by atoms with van der Waals surface area (Å²) in [6, 6.07) is 2.74. The van der Waals surface area contributed by atoms with Gasteiger partial charge in [-0.25, -0.2) is 4.39 Å². The average molecular weight is 211 g/mol. The minimum Gasteiger partial charge on any atom is -0.504 e. The first kappa shape index (κ1) is 10.2. The molecule has 3 nitrogen and oxygen atoms in total. The van der Waals surface area contributed by atoms with Crippen molar-refractivity contribution in [3.63, 3.8) is 0 Å². The van der Waals surface area contributed by atoms with Crippen LogP contribution in [0.15, 0.2) is 12.1 Å². The lowest BCUT2D eigenvalue weighted by molar-refractivity contribution is 0.366. The Balaban J connectivity index is 2.31. The van der Waals surface area contributed by atoms with Crippen LogP contribution < -0.4 is 5.32 Å². The normalized spacial score (nSPS) is 21.5. The molecule has 2 rings (SSSR count). The molecular weight excluding hydrogens is 197 g/mol. The van der Waals surface area contributed by atoms with E-state index in [0.29, 0.717) is 5.56 Å². The molecule has 0 amide bonds. The van der Waals surface area contributed by atoms with Crippen LogP contribution >= 0.6 is 0 Å². The summed E-state index contributed by atoms with van der Waals surface area (Å²) in [4.78, 5) is 0. The third-order valence-corrected chi connectivity index (χ3v) is 2.87. The number of hydrogen-bond donors (Lipinski definition) is 3. The standard InChI is InChI=1S/C11H14FNO2/c12-9-4-3-8(10(14)11(9)15)7-2-1-5-13-6-7/h3-4,7,13-15H,1-2,5-6H2. The first-order chi connectivity index (χ1) is 7.20. The van der Waals surface area contributed by atoms with Gasteiger partial charge >= 0.3 is 0 Å². The minimum atomic E-state index is -0.778. The molecular formula is C11H14FNO2. The molecule has 1 unspecified atom stereocenters. The second-order valence-corrected chi connectivity index (χ2v) is 3.88. The summed E-state index contributed by atoms with van der Waals surface area (Å²) in [7, 11) is 0. The van der Waals surface area contributed by atoms with Crippen molar-refractivity contribution in [2.45, 2.75) is 18.8 Å². The van der Waals surface area contributed by atoms with Gasteiger partial charge in [-0.1, -0.05) is 6.07 Å². The third kappa shape index (κ3) is 1.90. The Bertz CT molecular complexity index is 362. The highest BCUT2D eigenvalue weighted by molar-refractivity contribution is 5.47. The quantitative estimate of drug-likeness (QED) is 0.620. The number of piperidine rings is 1. The number of benzene rings is 1. The van der Waals surface area contributed by atoms with Crippen molar-refractivity contribution in [3.05, 3.63) is 23.5 Å². The number of phenolic OH excluding ortho intramolecular Hbond substituents is 2. The van der Waals surface area contributed by atoms with E-state index in [1.165, 1.54) is 6.07 Å². The van der Waals surface area contributed by atoms with Crippen LogP contribution in [0.4, 0.5) is 4.39 Å². The van der Waals surface area contributed by atoms with Crippen LogP contribution in [0.5, 0.6) is 11.5 Å². The Morgan fingerprint density at radius 3 is 2.73 bits per heavy atom. The highest BCUT2D eigenvalue weighted by Crippen LogP contribution is 2.37. The van der Waals surface area contributed by atoms with E-state index >= 15 is 0 Å². The highest BCUT2D eigenvalue weighted by atomic mass is 19.1. The van der Waals surface area contributed by atoms with Gasteiger partial charge in [0.25, 0.3) is 0 Å². The zero-order valence-electron chi connectivity index (χ0n) is 8.33. The van der Waals surface area contributed by atoms with Crippen LogP contribution in [0.1, 0.15) is 24.3 Å². The summed E-state index contributed by atoms with van der Waals surface area (Å²) < 4.78 is 12.9. The van der Waals surface area contributed by atoms with Crippen molar-refractivity contribution in [2.75, 3.05) is 13.1 Å². The SMILES string of the molecule is Oc1c(F)ccc(C2CCCNC2)c1O. The first-order valence-corrected chi connectivity index (χ1v) is 5.11. The maximum Gasteiger partial charge on any atom is 0.194 e. The molecule has 1 atom stereocenters. The molecule has 0 aromatic heterocycles. The van der Waals surface area contributed by atoms with Crippen molar-refractivity contribution in [3.8, 4) is 11.5 Å². The minimum absolute atomic E-state index is 0.158. The van der Waals surface area contributed by atoms with E-state index in [4.69, 9.17) is 0 Å². The van der Waals surface area contributed by atoms with E-state index in [2.05, 4.69) is 5.32 Å². The largest absolute Gasteiger partial charge is 0.504 e. The predicted molar refractivity (Wildman–Crippen MR) is 54.6 cm³/mol. The molecule has 0 saturated carbocycles. The zero-order valence-corrected chi connectivity index (χ0v) is 8.33. The third-order valence-electron chi connectivity index (χ3n) is 2.87. The Morgan fingerprint density at radius 1 is 1.27 bits per heavy atom. The molecule has 1 heterocycles. The fraction of sp³-hybridized carbons (Fsp3) is 0.455.